The van der Waals surface area contributed by atoms with Crippen molar-refractivity contribution in [3.63, 3.8) is 0 Å². The Morgan fingerprint density at radius 3 is 2.67 bits per heavy atom. The minimum absolute atomic E-state index is 0.0973. The summed E-state index contributed by atoms with van der Waals surface area (Å²) < 4.78 is 26.1. The first-order chi connectivity index (χ1) is 8.43. The maximum absolute atomic E-state index is 11.8. The monoisotopic (exact) mass is 271 g/mol. The standard InChI is InChI=1S/C13H21NO3S/c1-11(2)10-18(16,17)14-13-7-3-5-12(9-13)6-4-8-15/h3,5,7,9,11,14-15H,4,6,8,10H2,1-2H3. The molecular formula is C13H21NO3S. The summed E-state index contributed by atoms with van der Waals surface area (Å²) in [6.45, 7) is 3.89. The van der Waals surface area contributed by atoms with E-state index in [0.29, 0.717) is 12.1 Å². The number of benzene rings is 1. The predicted octanol–water partition coefficient (Wildman–Crippen LogP) is 2.01. The zero-order valence-electron chi connectivity index (χ0n) is 10.9. The molecule has 0 aliphatic rings. The van der Waals surface area contributed by atoms with Gasteiger partial charge in [0, 0.05) is 12.3 Å². The lowest BCUT2D eigenvalue weighted by Crippen LogP contribution is -2.20. The molecule has 18 heavy (non-hydrogen) atoms. The normalized spacial score (nSPS) is 11.8. The van der Waals surface area contributed by atoms with Crippen molar-refractivity contribution in [2.45, 2.75) is 26.7 Å². The number of aliphatic hydroxyl groups excluding tert-OH is 1. The first kappa shape index (κ1) is 15.0. The number of hydrogen-bond acceptors (Lipinski definition) is 3. The van der Waals surface area contributed by atoms with E-state index in [1.807, 2.05) is 32.0 Å². The second-order valence-electron chi connectivity index (χ2n) is 4.80. The number of aliphatic hydroxyl groups is 1. The number of aryl methyl sites for hydroxylation is 1. The van der Waals surface area contributed by atoms with E-state index in [4.69, 9.17) is 5.11 Å². The van der Waals surface area contributed by atoms with Gasteiger partial charge in [0.25, 0.3) is 0 Å². The Morgan fingerprint density at radius 1 is 1.33 bits per heavy atom. The van der Waals surface area contributed by atoms with Crippen LogP contribution in [0.5, 0.6) is 0 Å². The van der Waals surface area contributed by atoms with Crippen LogP contribution in [0, 0.1) is 5.92 Å². The molecule has 0 spiro atoms. The SMILES string of the molecule is CC(C)CS(=O)(=O)Nc1cccc(CCCO)c1. The van der Waals surface area contributed by atoms with E-state index in [9.17, 15) is 8.42 Å². The molecule has 0 unspecified atom stereocenters. The van der Waals surface area contributed by atoms with Gasteiger partial charge in [0.15, 0.2) is 0 Å². The van der Waals surface area contributed by atoms with Gasteiger partial charge in [-0.3, -0.25) is 4.72 Å². The zero-order valence-corrected chi connectivity index (χ0v) is 11.7. The molecule has 0 bridgehead atoms. The summed E-state index contributed by atoms with van der Waals surface area (Å²) in [4.78, 5) is 0. The summed E-state index contributed by atoms with van der Waals surface area (Å²) in [6.07, 6.45) is 1.43. The van der Waals surface area contributed by atoms with E-state index in [2.05, 4.69) is 4.72 Å². The summed E-state index contributed by atoms with van der Waals surface area (Å²) in [7, 11) is -3.27. The third-order valence-corrected chi connectivity index (χ3v) is 4.03. The molecule has 0 radical (unpaired) electrons. The molecule has 0 atom stereocenters. The van der Waals surface area contributed by atoms with E-state index in [-0.39, 0.29) is 18.3 Å². The molecule has 0 heterocycles. The lowest BCUT2D eigenvalue weighted by atomic mass is 10.1. The van der Waals surface area contributed by atoms with Crippen LogP contribution < -0.4 is 4.72 Å². The van der Waals surface area contributed by atoms with Crippen LogP contribution in [0.15, 0.2) is 24.3 Å². The summed E-state index contributed by atoms with van der Waals surface area (Å²) in [5, 5.41) is 8.77. The Hall–Kier alpha value is -1.07. The van der Waals surface area contributed by atoms with Crippen molar-refractivity contribution < 1.29 is 13.5 Å². The van der Waals surface area contributed by atoms with Gasteiger partial charge in [-0.25, -0.2) is 8.42 Å². The molecule has 0 aliphatic carbocycles. The Bertz CT molecular complexity index is 469. The van der Waals surface area contributed by atoms with Gasteiger partial charge in [-0.2, -0.15) is 0 Å². The molecule has 0 aromatic heterocycles. The average molecular weight is 271 g/mol. The number of sulfonamides is 1. The Labute approximate surface area is 109 Å². The lowest BCUT2D eigenvalue weighted by molar-refractivity contribution is 0.288. The predicted molar refractivity (Wildman–Crippen MR) is 74.1 cm³/mol. The minimum Gasteiger partial charge on any atom is -0.396 e. The number of hydrogen-bond donors (Lipinski definition) is 2. The van der Waals surface area contributed by atoms with Crippen LogP contribution >= 0.6 is 0 Å². The highest BCUT2D eigenvalue weighted by Gasteiger charge is 2.12. The van der Waals surface area contributed by atoms with Gasteiger partial charge in [0.2, 0.25) is 10.0 Å². The molecule has 1 rings (SSSR count). The summed E-state index contributed by atoms with van der Waals surface area (Å²) in [5.41, 5.74) is 1.61. The summed E-state index contributed by atoms with van der Waals surface area (Å²) >= 11 is 0. The largest absolute Gasteiger partial charge is 0.396 e. The van der Waals surface area contributed by atoms with Crippen molar-refractivity contribution in [3.8, 4) is 0 Å². The van der Waals surface area contributed by atoms with Crippen LogP contribution in [0.2, 0.25) is 0 Å². The van der Waals surface area contributed by atoms with Gasteiger partial charge >= 0.3 is 0 Å². The first-order valence-electron chi connectivity index (χ1n) is 6.13. The molecule has 0 saturated carbocycles. The minimum atomic E-state index is -3.27. The van der Waals surface area contributed by atoms with E-state index in [1.165, 1.54) is 0 Å². The molecule has 1 aromatic carbocycles. The highest BCUT2D eigenvalue weighted by atomic mass is 32.2. The number of nitrogens with one attached hydrogen (secondary N) is 1. The van der Waals surface area contributed by atoms with Gasteiger partial charge in [-0.1, -0.05) is 26.0 Å². The smallest absolute Gasteiger partial charge is 0.232 e. The topological polar surface area (TPSA) is 66.4 Å². The van der Waals surface area contributed by atoms with E-state index < -0.39 is 10.0 Å². The number of rotatable bonds is 7. The number of anilines is 1. The van der Waals surface area contributed by atoms with Gasteiger partial charge in [-0.05, 0) is 36.5 Å². The van der Waals surface area contributed by atoms with E-state index in [0.717, 1.165) is 12.0 Å². The van der Waals surface area contributed by atoms with Gasteiger partial charge in [-0.15, -0.1) is 0 Å². The highest BCUT2D eigenvalue weighted by Crippen LogP contribution is 2.14. The Kier molecular flexibility index (Phi) is 5.62. The van der Waals surface area contributed by atoms with Crippen LogP contribution in [0.25, 0.3) is 0 Å². The van der Waals surface area contributed by atoms with Crippen molar-refractivity contribution in [2.24, 2.45) is 5.92 Å². The second-order valence-corrected chi connectivity index (χ2v) is 6.57. The molecule has 0 aliphatic heterocycles. The van der Waals surface area contributed by atoms with Gasteiger partial charge < -0.3 is 5.11 Å². The molecule has 1 aromatic rings. The molecule has 0 fully saturated rings. The van der Waals surface area contributed by atoms with Gasteiger partial charge in [0.05, 0.1) is 5.75 Å². The van der Waals surface area contributed by atoms with Crippen molar-refractivity contribution in [1.82, 2.24) is 0 Å². The third-order valence-electron chi connectivity index (χ3n) is 2.38. The summed E-state index contributed by atoms with van der Waals surface area (Å²) in [6, 6.07) is 7.30. The fourth-order valence-electron chi connectivity index (χ4n) is 1.73. The molecule has 4 nitrogen and oxygen atoms in total. The molecule has 0 amide bonds. The molecule has 5 heteroatoms. The lowest BCUT2D eigenvalue weighted by Gasteiger charge is -2.11. The molecule has 2 N–H and O–H groups in total. The van der Waals surface area contributed by atoms with E-state index >= 15 is 0 Å². The summed E-state index contributed by atoms with van der Waals surface area (Å²) in [5.74, 6) is 0.216. The first-order valence-corrected chi connectivity index (χ1v) is 7.78. The van der Waals surface area contributed by atoms with Crippen molar-refractivity contribution >= 4 is 15.7 Å². The van der Waals surface area contributed by atoms with Crippen LogP contribution in [0.1, 0.15) is 25.8 Å². The van der Waals surface area contributed by atoms with Crippen molar-refractivity contribution in [2.75, 3.05) is 17.1 Å². The van der Waals surface area contributed by atoms with E-state index in [1.54, 1.807) is 6.07 Å². The van der Waals surface area contributed by atoms with Crippen LogP contribution in [0.3, 0.4) is 0 Å². The fraction of sp³-hybridized carbons (Fsp3) is 0.538. The fourth-order valence-corrected chi connectivity index (χ4v) is 3.18. The highest BCUT2D eigenvalue weighted by molar-refractivity contribution is 7.92. The Balaban J connectivity index is 2.72. The van der Waals surface area contributed by atoms with Crippen molar-refractivity contribution in [1.29, 1.82) is 0 Å². The maximum atomic E-state index is 11.8. The Morgan fingerprint density at radius 2 is 2.06 bits per heavy atom. The van der Waals surface area contributed by atoms with Crippen LogP contribution in [-0.4, -0.2) is 25.9 Å². The zero-order chi connectivity index (χ0) is 13.6. The molecular weight excluding hydrogens is 250 g/mol. The average Bonchev–Trinajstić information content (AvgIpc) is 2.24. The second kappa shape index (κ2) is 6.75. The molecule has 0 saturated heterocycles. The third kappa shape index (κ3) is 5.51. The van der Waals surface area contributed by atoms with Crippen LogP contribution in [0.4, 0.5) is 5.69 Å². The quantitative estimate of drug-likeness (QED) is 0.797. The maximum Gasteiger partial charge on any atom is 0.232 e. The van der Waals surface area contributed by atoms with Crippen molar-refractivity contribution in [3.05, 3.63) is 29.8 Å². The molecule has 102 valence electrons. The van der Waals surface area contributed by atoms with Gasteiger partial charge in [0.1, 0.15) is 0 Å². The van der Waals surface area contributed by atoms with Crippen LogP contribution in [-0.2, 0) is 16.4 Å².